The predicted octanol–water partition coefficient (Wildman–Crippen LogP) is 2.03. The van der Waals surface area contributed by atoms with E-state index in [-0.39, 0.29) is 0 Å². The molecule has 0 atom stereocenters. The van der Waals surface area contributed by atoms with Crippen LogP contribution in [-0.4, -0.2) is 16.3 Å². The van der Waals surface area contributed by atoms with Crippen LogP contribution in [0.3, 0.4) is 0 Å². The summed E-state index contributed by atoms with van der Waals surface area (Å²) in [5, 5.41) is 0. The van der Waals surface area contributed by atoms with Crippen LogP contribution in [0, 0.1) is 5.82 Å². The highest BCUT2D eigenvalue weighted by molar-refractivity contribution is 5.77. The molecule has 1 heterocycles. The second-order valence-corrected chi connectivity index (χ2v) is 2.83. The van der Waals surface area contributed by atoms with Crippen LogP contribution in [0.15, 0.2) is 30.6 Å². The highest BCUT2D eigenvalue weighted by Crippen LogP contribution is 2.17. The summed E-state index contributed by atoms with van der Waals surface area (Å²) in [5.74, 6) is 0.105. The van der Waals surface area contributed by atoms with Crippen molar-refractivity contribution in [3.05, 3.63) is 42.0 Å². The van der Waals surface area contributed by atoms with Crippen molar-refractivity contribution >= 4 is 6.29 Å². The number of hydrogen-bond donors (Lipinski definition) is 1. The Hall–Kier alpha value is -1.97. The monoisotopic (exact) mass is 190 g/mol. The molecule has 1 aromatic carbocycles. The second kappa shape index (κ2) is 3.41. The molecule has 1 aromatic heterocycles. The van der Waals surface area contributed by atoms with Crippen molar-refractivity contribution in [1.82, 2.24) is 9.97 Å². The van der Waals surface area contributed by atoms with E-state index in [2.05, 4.69) is 9.97 Å². The van der Waals surface area contributed by atoms with Crippen LogP contribution in [-0.2, 0) is 0 Å². The molecule has 0 amide bonds. The van der Waals surface area contributed by atoms with E-state index in [9.17, 15) is 9.18 Å². The van der Waals surface area contributed by atoms with E-state index in [1.807, 2.05) is 0 Å². The molecule has 0 saturated heterocycles. The molecule has 0 radical (unpaired) electrons. The first-order chi connectivity index (χ1) is 6.79. The number of carbonyl (C=O) groups excluding carboxylic acids is 1. The van der Waals surface area contributed by atoms with Crippen LogP contribution < -0.4 is 0 Å². The zero-order valence-corrected chi connectivity index (χ0v) is 7.20. The molecule has 2 aromatic rings. The first-order valence-corrected chi connectivity index (χ1v) is 4.05. The fourth-order valence-corrected chi connectivity index (χ4v) is 1.24. The Morgan fingerprint density at radius 3 is 2.86 bits per heavy atom. The summed E-state index contributed by atoms with van der Waals surface area (Å²) in [6.45, 7) is 0. The number of hydrogen-bond acceptors (Lipinski definition) is 2. The Morgan fingerprint density at radius 1 is 1.36 bits per heavy atom. The Balaban J connectivity index is 2.54. The topological polar surface area (TPSA) is 45.8 Å². The van der Waals surface area contributed by atoms with Crippen molar-refractivity contribution in [1.29, 1.82) is 0 Å². The zero-order chi connectivity index (χ0) is 9.97. The van der Waals surface area contributed by atoms with Crippen LogP contribution in [0.1, 0.15) is 10.4 Å². The van der Waals surface area contributed by atoms with Gasteiger partial charge in [-0.2, -0.15) is 0 Å². The summed E-state index contributed by atoms with van der Waals surface area (Å²) < 4.78 is 13.0. The summed E-state index contributed by atoms with van der Waals surface area (Å²) in [6, 6.07) is 4.08. The van der Waals surface area contributed by atoms with E-state index >= 15 is 0 Å². The standard InChI is InChI=1S/C10H7FN2O/c11-9-4-7(6-14)3-8(5-9)10-12-1-2-13-10/h1-6H,(H,12,13). The Bertz CT molecular complexity index is 451. The van der Waals surface area contributed by atoms with Gasteiger partial charge in [0.15, 0.2) is 0 Å². The van der Waals surface area contributed by atoms with Crippen molar-refractivity contribution in [2.45, 2.75) is 0 Å². The number of nitrogens with zero attached hydrogens (tertiary/aromatic N) is 1. The molecular weight excluding hydrogens is 183 g/mol. The molecule has 2 rings (SSSR count). The van der Waals surface area contributed by atoms with Gasteiger partial charge in [0.1, 0.15) is 17.9 Å². The molecule has 4 heteroatoms. The quantitative estimate of drug-likeness (QED) is 0.736. The van der Waals surface area contributed by atoms with Crippen molar-refractivity contribution in [3.63, 3.8) is 0 Å². The van der Waals surface area contributed by atoms with Gasteiger partial charge in [-0.05, 0) is 18.2 Å². The largest absolute Gasteiger partial charge is 0.345 e. The van der Waals surface area contributed by atoms with Crippen LogP contribution >= 0.6 is 0 Å². The molecule has 3 nitrogen and oxygen atoms in total. The third-order valence-corrected chi connectivity index (χ3v) is 1.83. The summed E-state index contributed by atoms with van der Waals surface area (Å²) in [6.07, 6.45) is 3.82. The highest BCUT2D eigenvalue weighted by atomic mass is 19.1. The minimum atomic E-state index is -0.444. The lowest BCUT2D eigenvalue weighted by molar-refractivity contribution is 0.112. The van der Waals surface area contributed by atoms with Gasteiger partial charge < -0.3 is 4.98 Å². The minimum absolute atomic E-state index is 0.302. The van der Waals surface area contributed by atoms with Gasteiger partial charge in [-0.25, -0.2) is 9.37 Å². The lowest BCUT2D eigenvalue weighted by atomic mass is 10.1. The number of carbonyl (C=O) groups is 1. The maximum atomic E-state index is 13.0. The van der Waals surface area contributed by atoms with Crippen molar-refractivity contribution in [3.8, 4) is 11.4 Å². The highest BCUT2D eigenvalue weighted by Gasteiger charge is 2.03. The average Bonchev–Trinajstić information content (AvgIpc) is 2.69. The van der Waals surface area contributed by atoms with E-state index < -0.39 is 5.82 Å². The summed E-state index contributed by atoms with van der Waals surface area (Å²) in [5.41, 5.74) is 0.869. The fraction of sp³-hybridized carbons (Fsp3) is 0. The number of halogens is 1. The third kappa shape index (κ3) is 1.54. The number of imidazole rings is 1. The molecule has 0 unspecified atom stereocenters. The summed E-state index contributed by atoms with van der Waals surface area (Å²) in [4.78, 5) is 17.3. The summed E-state index contributed by atoms with van der Waals surface area (Å²) >= 11 is 0. The van der Waals surface area contributed by atoms with E-state index in [4.69, 9.17) is 0 Å². The van der Waals surface area contributed by atoms with Crippen LogP contribution in [0.25, 0.3) is 11.4 Å². The molecular formula is C10H7FN2O. The van der Waals surface area contributed by atoms with Crippen molar-refractivity contribution in [2.75, 3.05) is 0 Å². The summed E-state index contributed by atoms with van der Waals surface area (Å²) in [7, 11) is 0. The molecule has 14 heavy (non-hydrogen) atoms. The number of benzene rings is 1. The van der Waals surface area contributed by atoms with Crippen molar-refractivity contribution < 1.29 is 9.18 Å². The van der Waals surface area contributed by atoms with Gasteiger partial charge in [0.05, 0.1) is 0 Å². The minimum Gasteiger partial charge on any atom is -0.345 e. The van der Waals surface area contributed by atoms with E-state index in [0.717, 1.165) is 0 Å². The van der Waals surface area contributed by atoms with Gasteiger partial charge in [-0.3, -0.25) is 4.79 Å². The number of nitrogens with one attached hydrogen (secondary N) is 1. The molecule has 0 aliphatic heterocycles. The number of aromatic nitrogens is 2. The predicted molar refractivity (Wildman–Crippen MR) is 49.4 cm³/mol. The van der Waals surface area contributed by atoms with Gasteiger partial charge in [0.25, 0.3) is 0 Å². The fourth-order valence-electron chi connectivity index (χ4n) is 1.24. The lowest BCUT2D eigenvalue weighted by Gasteiger charge is -1.98. The van der Waals surface area contributed by atoms with Gasteiger partial charge in [-0.1, -0.05) is 0 Å². The number of rotatable bonds is 2. The van der Waals surface area contributed by atoms with Crippen LogP contribution in [0.5, 0.6) is 0 Å². The smallest absolute Gasteiger partial charge is 0.150 e. The third-order valence-electron chi connectivity index (χ3n) is 1.83. The Labute approximate surface area is 79.6 Å². The maximum Gasteiger partial charge on any atom is 0.150 e. The van der Waals surface area contributed by atoms with Crippen molar-refractivity contribution in [2.24, 2.45) is 0 Å². The lowest BCUT2D eigenvalue weighted by Crippen LogP contribution is -1.87. The molecule has 1 N–H and O–H groups in total. The molecule has 0 fully saturated rings. The maximum absolute atomic E-state index is 13.0. The molecule has 0 aliphatic carbocycles. The SMILES string of the molecule is O=Cc1cc(F)cc(-c2ncc[nH]2)c1. The Morgan fingerprint density at radius 2 is 2.21 bits per heavy atom. The van der Waals surface area contributed by atoms with Crippen LogP contribution in [0.4, 0.5) is 4.39 Å². The van der Waals surface area contributed by atoms with E-state index in [1.54, 1.807) is 18.5 Å². The van der Waals surface area contributed by atoms with E-state index in [1.165, 1.54) is 12.1 Å². The Kier molecular flexibility index (Phi) is 2.10. The van der Waals surface area contributed by atoms with Gasteiger partial charge in [0.2, 0.25) is 0 Å². The first kappa shape index (κ1) is 8.62. The second-order valence-electron chi connectivity index (χ2n) is 2.83. The molecule has 0 aliphatic rings. The van der Waals surface area contributed by atoms with Gasteiger partial charge >= 0.3 is 0 Å². The molecule has 70 valence electrons. The van der Waals surface area contributed by atoms with E-state index in [0.29, 0.717) is 23.2 Å². The zero-order valence-electron chi connectivity index (χ0n) is 7.20. The normalized spacial score (nSPS) is 10.1. The molecule has 0 saturated carbocycles. The first-order valence-electron chi connectivity index (χ1n) is 4.05. The number of aldehydes is 1. The number of aromatic amines is 1. The van der Waals surface area contributed by atoms with Crippen LogP contribution in [0.2, 0.25) is 0 Å². The van der Waals surface area contributed by atoms with Gasteiger partial charge in [0, 0.05) is 23.5 Å². The number of H-pyrrole nitrogens is 1. The molecule has 0 spiro atoms. The van der Waals surface area contributed by atoms with Gasteiger partial charge in [-0.15, -0.1) is 0 Å². The molecule has 0 bridgehead atoms. The average molecular weight is 190 g/mol.